The number of nitrogens with zero attached hydrogens (tertiary/aromatic N) is 3. The third-order valence-electron chi connectivity index (χ3n) is 6.68. The predicted molar refractivity (Wildman–Crippen MR) is 146 cm³/mol. The van der Waals surface area contributed by atoms with Crippen LogP contribution in [0.2, 0.25) is 0 Å². The number of aryl methyl sites for hydroxylation is 3. The maximum atomic E-state index is 5.91. The van der Waals surface area contributed by atoms with Gasteiger partial charge in [-0.3, -0.25) is 4.98 Å². The van der Waals surface area contributed by atoms with Crippen LogP contribution in [0.25, 0.3) is 5.69 Å². The van der Waals surface area contributed by atoms with E-state index in [2.05, 4.69) is 78.9 Å². The van der Waals surface area contributed by atoms with Crippen LogP contribution in [0.5, 0.6) is 5.75 Å². The van der Waals surface area contributed by atoms with Crippen molar-refractivity contribution in [2.75, 3.05) is 12.0 Å². The van der Waals surface area contributed by atoms with E-state index in [9.17, 15) is 0 Å². The first kappa shape index (κ1) is 23.1. The molecule has 2 aromatic carbocycles. The number of nitrogens with one attached hydrogen (secondary N) is 1. The number of hydrogen-bond acceptors (Lipinski definition) is 3. The number of aromatic nitrogens is 2. The quantitative estimate of drug-likeness (QED) is 0.339. The van der Waals surface area contributed by atoms with Gasteiger partial charge in [-0.15, -0.1) is 0 Å². The predicted octanol–water partition coefficient (Wildman–Crippen LogP) is 6.29. The molecule has 1 N–H and O–H groups in total. The van der Waals surface area contributed by atoms with Crippen LogP contribution >= 0.6 is 12.2 Å². The van der Waals surface area contributed by atoms with Gasteiger partial charge in [-0.1, -0.05) is 18.2 Å². The fourth-order valence-corrected chi connectivity index (χ4v) is 5.62. The van der Waals surface area contributed by atoms with Gasteiger partial charge in [0, 0.05) is 35.0 Å². The molecule has 178 valence electrons. The van der Waals surface area contributed by atoms with Crippen molar-refractivity contribution in [1.29, 1.82) is 0 Å². The van der Waals surface area contributed by atoms with E-state index in [1.54, 1.807) is 7.11 Å². The monoisotopic (exact) mass is 482 g/mol. The maximum absolute atomic E-state index is 5.91. The summed E-state index contributed by atoms with van der Waals surface area (Å²) in [5, 5.41) is 4.24. The second kappa shape index (κ2) is 9.19. The molecule has 6 heteroatoms. The number of pyridine rings is 1. The molecule has 35 heavy (non-hydrogen) atoms. The Morgan fingerprint density at radius 3 is 2.34 bits per heavy atom. The molecule has 1 fully saturated rings. The highest BCUT2D eigenvalue weighted by molar-refractivity contribution is 7.80. The summed E-state index contributed by atoms with van der Waals surface area (Å²) >= 11 is 5.91. The zero-order valence-electron chi connectivity index (χ0n) is 20.7. The summed E-state index contributed by atoms with van der Waals surface area (Å²) in [5.74, 6) is 0.797. The van der Waals surface area contributed by atoms with Gasteiger partial charge in [0.2, 0.25) is 0 Å². The Morgan fingerprint density at radius 1 is 0.886 bits per heavy atom. The zero-order valence-corrected chi connectivity index (χ0v) is 21.6. The van der Waals surface area contributed by atoms with Crippen LogP contribution in [-0.4, -0.2) is 21.8 Å². The van der Waals surface area contributed by atoms with Gasteiger partial charge in [-0.25, -0.2) is 0 Å². The van der Waals surface area contributed by atoms with Gasteiger partial charge >= 0.3 is 0 Å². The molecule has 0 spiro atoms. The van der Waals surface area contributed by atoms with Gasteiger partial charge < -0.3 is 19.5 Å². The van der Waals surface area contributed by atoms with Crippen molar-refractivity contribution in [2.45, 2.75) is 39.8 Å². The molecule has 0 amide bonds. The number of rotatable bonds is 5. The second-order valence-electron chi connectivity index (χ2n) is 9.21. The minimum atomic E-state index is -0.0944. The maximum Gasteiger partial charge on any atom is 0.174 e. The first-order valence-electron chi connectivity index (χ1n) is 11.8. The molecular formula is C29H30N4OS. The average molecular weight is 483 g/mol. The van der Waals surface area contributed by atoms with Crippen LogP contribution in [0.1, 0.15) is 45.9 Å². The summed E-state index contributed by atoms with van der Waals surface area (Å²) in [6.45, 7) is 8.65. The smallest absolute Gasteiger partial charge is 0.174 e. The van der Waals surface area contributed by atoms with Gasteiger partial charge in [0.25, 0.3) is 0 Å². The lowest BCUT2D eigenvalue weighted by Crippen LogP contribution is -2.29. The molecule has 2 atom stereocenters. The largest absolute Gasteiger partial charge is 0.497 e. The molecule has 5 nitrogen and oxygen atoms in total. The highest BCUT2D eigenvalue weighted by Gasteiger charge is 2.42. The molecular weight excluding hydrogens is 452 g/mol. The van der Waals surface area contributed by atoms with E-state index in [1.807, 2.05) is 36.5 Å². The van der Waals surface area contributed by atoms with E-state index < -0.39 is 0 Å². The molecule has 1 aliphatic heterocycles. The molecule has 1 aliphatic rings. The van der Waals surface area contributed by atoms with Crippen molar-refractivity contribution in [1.82, 2.24) is 14.9 Å². The average Bonchev–Trinajstić information content (AvgIpc) is 3.34. The van der Waals surface area contributed by atoms with Gasteiger partial charge in [0.1, 0.15) is 5.75 Å². The van der Waals surface area contributed by atoms with Crippen LogP contribution in [0.3, 0.4) is 0 Å². The number of benzene rings is 2. The van der Waals surface area contributed by atoms with Crippen molar-refractivity contribution in [2.24, 2.45) is 0 Å². The Bertz CT molecular complexity index is 1380. The lowest BCUT2D eigenvalue weighted by atomic mass is 9.96. The minimum Gasteiger partial charge on any atom is -0.497 e. The Kier molecular flexibility index (Phi) is 6.07. The van der Waals surface area contributed by atoms with E-state index in [4.69, 9.17) is 21.9 Å². The molecule has 0 saturated carbocycles. The molecule has 1 saturated heterocycles. The van der Waals surface area contributed by atoms with Crippen molar-refractivity contribution in [3.63, 3.8) is 0 Å². The van der Waals surface area contributed by atoms with Gasteiger partial charge in [0.15, 0.2) is 5.11 Å². The van der Waals surface area contributed by atoms with Crippen LogP contribution in [-0.2, 0) is 0 Å². The Labute approximate surface area is 212 Å². The summed E-state index contributed by atoms with van der Waals surface area (Å²) in [6, 6.07) is 22.9. The molecule has 0 bridgehead atoms. The van der Waals surface area contributed by atoms with Gasteiger partial charge in [-0.2, -0.15) is 0 Å². The van der Waals surface area contributed by atoms with Crippen LogP contribution in [0.15, 0.2) is 72.9 Å². The molecule has 0 unspecified atom stereocenters. The summed E-state index contributed by atoms with van der Waals surface area (Å²) < 4.78 is 7.87. The van der Waals surface area contributed by atoms with Crippen molar-refractivity contribution < 1.29 is 4.74 Å². The lowest BCUT2D eigenvalue weighted by Gasteiger charge is -2.28. The van der Waals surface area contributed by atoms with E-state index in [0.29, 0.717) is 5.11 Å². The fourth-order valence-electron chi connectivity index (χ4n) is 5.27. The molecule has 0 radical (unpaired) electrons. The van der Waals surface area contributed by atoms with Crippen molar-refractivity contribution >= 4 is 23.0 Å². The minimum absolute atomic E-state index is 0.0737. The number of ether oxygens (including phenoxy) is 1. The first-order chi connectivity index (χ1) is 16.9. The van der Waals surface area contributed by atoms with E-state index in [0.717, 1.165) is 17.1 Å². The molecule has 3 heterocycles. The summed E-state index contributed by atoms with van der Waals surface area (Å²) in [7, 11) is 1.69. The van der Waals surface area contributed by atoms with Gasteiger partial charge in [-0.05, 0) is 99.1 Å². The van der Waals surface area contributed by atoms with Crippen molar-refractivity contribution in [3.8, 4) is 11.4 Å². The first-order valence-corrected chi connectivity index (χ1v) is 12.2. The van der Waals surface area contributed by atoms with Gasteiger partial charge in [0.05, 0.1) is 24.9 Å². The Balaban J connectivity index is 1.69. The molecule has 5 rings (SSSR count). The lowest BCUT2D eigenvalue weighted by molar-refractivity contribution is 0.415. The van der Waals surface area contributed by atoms with Crippen LogP contribution < -0.4 is 15.0 Å². The topological polar surface area (TPSA) is 42.3 Å². The highest BCUT2D eigenvalue weighted by Crippen LogP contribution is 2.44. The molecule has 0 aliphatic carbocycles. The normalized spacial score (nSPS) is 17.5. The third kappa shape index (κ3) is 4.19. The number of thiocarbonyl (C=S) groups is 1. The zero-order chi connectivity index (χ0) is 24.7. The SMILES string of the molecule is COc1cccc(N2C(=S)N[C@H](c3ccccn3)[C@@H]2c2cc(C)n(-c3cc(C)cc(C)c3)c2C)c1. The number of methoxy groups -OCH3 is 1. The number of anilines is 1. The van der Waals surface area contributed by atoms with E-state index in [1.165, 1.54) is 33.8 Å². The van der Waals surface area contributed by atoms with Crippen LogP contribution in [0, 0.1) is 27.7 Å². The number of hydrogen-bond donors (Lipinski definition) is 1. The Hall–Kier alpha value is -3.64. The summed E-state index contributed by atoms with van der Waals surface area (Å²) in [5.41, 5.74) is 9.22. The van der Waals surface area contributed by atoms with Crippen LogP contribution in [0.4, 0.5) is 5.69 Å². The summed E-state index contributed by atoms with van der Waals surface area (Å²) in [6.07, 6.45) is 1.84. The third-order valence-corrected chi connectivity index (χ3v) is 7.00. The second-order valence-corrected chi connectivity index (χ2v) is 9.59. The summed E-state index contributed by atoms with van der Waals surface area (Å²) in [4.78, 5) is 6.89. The van der Waals surface area contributed by atoms with E-state index in [-0.39, 0.29) is 12.1 Å². The molecule has 4 aromatic rings. The van der Waals surface area contributed by atoms with Crippen molar-refractivity contribution in [3.05, 3.63) is 107 Å². The molecule has 2 aromatic heterocycles. The fraction of sp³-hybridized carbons (Fsp3) is 0.241. The van der Waals surface area contributed by atoms with E-state index >= 15 is 0 Å². The Morgan fingerprint density at radius 2 is 1.66 bits per heavy atom. The highest BCUT2D eigenvalue weighted by atomic mass is 32.1. The standard InChI is InChI=1S/C29H30N4OS/c1-18-13-19(2)15-23(14-18)32-20(3)16-25(21(32)4)28-27(26-11-6-7-12-30-26)31-29(35)33(28)22-9-8-10-24(17-22)34-5/h6-17,27-28H,1-5H3,(H,31,35)/t27-,28+/m1/s1.